The molecular formula is C41H47N11O10SSi. The number of amides is 2. The molecule has 23 heteroatoms. The number of rotatable bonds is 21. The number of azo groups is 3. The predicted molar refractivity (Wildman–Crippen MR) is 241 cm³/mol. The van der Waals surface area contributed by atoms with Crippen molar-refractivity contribution in [2.24, 2.45) is 36.4 Å². The Kier molecular flexibility index (Phi) is 16.7. The fourth-order valence-electron chi connectivity index (χ4n) is 5.77. The number of phenols is 1. The van der Waals surface area contributed by atoms with E-state index in [1.807, 2.05) is 20.8 Å². The van der Waals surface area contributed by atoms with Gasteiger partial charge in [0, 0.05) is 49.7 Å². The Morgan fingerprint density at radius 2 is 1.28 bits per heavy atom. The summed E-state index contributed by atoms with van der Waals surface area (Å²) in [4.78, 5) is 23.3. The smallest absolute Gasteiger partial charge is 0.500 e. The van der Waals surface area contributed by atoms with Crippen molar-refractivity contribution in [3.63, 3.8) is 0 Å². The molecule has 0 aliphatic rings. The highest BCUT2D eigenvalue weighted by Gasteiger charge is 2.39. The van der Waals surface area contributed by atoms with Gasteiger partial charge in [0.25, 0.3) is 10.1 Å². The van der Waals surface area contributed by atoms with Crippen LogP contribution in [0.3, 0.4) is 0 Å². The first-order chi connectivity index (χ1) is 30.6. The number of carbonyl (C=O) groups excluding carboxylic acids is 2. The van der Waals surface area contributed by atoms with Gasteiger partial charge in [-0.1, -0.05) is 0 Å². The van der Waals surface area contributed by atoms with E-state index in [0.29, 0.717) is 61.6 Å². The third kappa shape index (κ3) is 13.4. The number of nitrogen functional groups attached to an aromatic ring is 2. The largest absolute Gasteiger partial charge is 0.504 e. The van der Waals surface area contributed by atoms with Gasteiger partial charge in [0.15, 0.2) is 11.4 Å². The van der Waals surface area contributed by atoms with Crippen molar-refractivity contribution in [2.75, 3.05) is 43.1 Å². The van der Waals surface area contributed by atoms with Crippen molar-refractivity contribution in [3.05, 3.63) is 103 Å². The van der Waals surface area contributed by atoms with Crippen LogP contribution in [-0.4, -0.2) is 65.2 Å². The summed E-state index contributed by atoms with van der Waals surface area (Å²) in [6, 6.07) is 24.1. The summed E-state index contributed by atoms with van der Waals surface area (Å²) in [6.07, 6.45) is -0.104. The number of carbonyl (C=O) groups is 2. The van der Waals surface area contributed by atoms with Crippen molar-refractivity contribution < 1.29 is 45.7 Å². The number of primary amides is 1. The van der Waals surface area contributed by atoms with Gasteiger partial charge in [-0.25, -0.2) is 4.79 Å². The summed E-state index contributed by atoms with van der Waals surface area (Å²) < 4.78 is 57.9. The lowest BCUT2D eigenvalue weighted by atomic mass is 10.2. The lowest BCUT2D eigenvalue weighted by Crippen LogP contribution is -2.46. The minimum absolute atomic E-state index is 0.0108. The maximum atomic E-state index is 12.5. The van der Waals surface area contributed by atoms with Gasteiger partial charge in [-0.05, 0) is 118 Å². The number of aromatic hydroxyl groups is 1. The van der Waals surface area contributed by atoms with Crippen LogP contribution in [-0.2, 0) is 23.4 Å². The second-order valence-electron chi connectivity index (χ2n) is 13.3. The van der Waals surface area contributed by atoms with Crippen molar-refractivity contribution in [1.82, 2.24) is 5.32 Å². The number of nitrogens with two attached hydrogens (primary N) is 3. The van der Waals surface area contributed by atoms with Crippen molar-refractivity contribution in [2.45, 2.75) is 38.1 Å². The summed E-state index contributed by atoms with van der Waals surface area (Å²) in [5.74, 6) is -0.860. The molecule has 2 amide bonds. The van der Waals surface area contributed by atoms with Gasteiger partial charge in [0.2, 0.25) is 5.91 Å². The third-order valence-electron chi connectivity index (χ3n) is 8.75. The average Bonchev–Trinajstić information content (AvgIpc) is 3.26. The summed E-state index contributed by atoms with van der Waals surface area (Å²) in [5, 5.41) is 41.0. The molecule has 336 valence electrons. The molecule has 5 rings (SSSR count). The third-order valence-corrected chi connectivity index (χ3v) is 12.8. The van der Waals surface area contributed by atoms with E-state index in [4.69, 9.17) is 35.2 Å². The highest BCUT2D eigenvalue weighted by atomic mass is 32.2. The zero-order chi connectivity index (χ0) is 46.3. The van der Waals surface area contributed by atoms with Crippen LogP contribution in [0.1, 0.15) is 37.6 Å². The molecule has 0 atom stereocenters. The van der Waals surface area contributed by atoms with E-state index in [9.17, 15) is 27.7 Å². The normalized spacial score (nSPS) is 12.0. The molecule has 10 N–H and O–H groups in total. The molecule has 64 heavy (non-hydrogen) atoms. The quantitative estimate of drug-likeness (QED) is 0.00901. The number of nitrogens with zero attached hydrogens (tertiary/aromatic N) is 6. The Morgan fingerprint density at radius 1 is 0.703 bits per heavy atom. The standard InChI is InChI=1S/C41H47N11O10SSi/c1-4-59-64(60-5-2,61-6-3)23-7-22-45-41(55)62-31-17-20-34(33(43)25-31)50-47-29-14-12-27(13-15-29)46-35-19-16-30(24-37(35)63(56,57)58)49-52-38-36(21-18-32(42)39(38)53)51-48-28-10-8-26(9-11-28)40(44)54/h8-21,24-25,46,53H,4-7,22-23,42-43H2,1-3H3,(H2,44,54)(H,45,55)(H,56,57,58). The lowest BCUT2D eigenvalue weighted by molar-refractivity contribution is 0.0707. The van der Waals surface area contributed by atoms with Crippen LogP contribution in [0.4, 0.5) is 61.7 Å². The topological polar surface area (TPSA) is 322 Å². The molecule has 0 aromatic heterocycles. The van der Waals surface area contributed by atoms with Crippen LogP contribution >= 0.6 is 0 Å². The number of nitrogens with one attached hydrogen (secondary N) is 2. The predicted octanol–water partition coefficient (Wildman–Crippen LogP) is 9.42. The molecule has 0 aliphatic carbocycles. The zero-order valence-corrected chi connectivity index (χ0v) is 36.8. The molecule has 0 unspecified atom stereocenters. The fourth-order valence-corrected chi connectivity index (χ4v) is 9.05. The summed E-state index contributed by atoms with van der Waals surface area (Å²) in [6.45, 7) is 7.33. The molecule has 0 radical (unpaired) electrons. The second kappa shape index (κ2) is 22.3. The molecule has 0 spiro atoms. The lowest BCUT2D eigenvalue weighted by Gasteiger charge is -2.28. The molecule has 0 fully saturated rings. The number of hydrogen-bond donors (Lipinski definition) is 7. The Hall–Kier alpha value is -7.15. The maximum absolute atomic E-state index is 12.5. The van der Waals surface area contributed by atoms with Gasteiger partial charge in [-0.15, -0.1) is 15.3 Å². The van der Waals surface area contributed by atoms with Gasteiger partial charge in [-0.3, -0.25) is 9.35 Å². The van der Waals surface area contributed by atoms with E-state index in [0.717, 1.165) is 6.07 Å². The average molecular weight is 914 g/mol. The van der Waals surface area contributed by atoms with E-state index in [-0.39, 0.29) is 45.4 Å². The van der Waals surface area contributed by atoms with Crippen molar-refractivity contribution in [3.8, 4) is 11.5 Å². The molecule has 0 bridgehead atoms. The van der Waals surface area contributed by atoms with Gasteiger partial charge < -0.3 is 51.0 Å². The molecule has 0 saturated heterocycles. The van der Waals surface area contributed by atoms with Crippen LogP contribution in [0, 0.1) is 0 Å². The van der Waals surface area contributed by atoms with E-state index in [1.54, 1.807) is 30.3 Å². The fraction of sp³-hybridized carbons (Fsp3) is 0.220. The first kappa shape index (κ1) is 47.9. The zero-order valence-electron chi connectivity index (χ0n) is 35.0. The first-order valence-corrected chi connectivity index (χ1v) is 23.0. The Balaban J connectivity index is 1.21. The SMILES string of the molecule is CCO[Si](CCCNC(=O)Oc1ccc(N=Nc2ccc(Nc3ccc(N=Nc4c(N=Nc5ccc(C(N)=O)cc5)ccc(N)c4O)cc3S(=O)(=O)O)cc2)c(N)c1)(OCC)OCC. The highest BCUT2D eigenvalue weighted by molar-refractivity contribution is 7.86. The van der Waals surface area contributed by atoms with Crippen LogP contribution in [0.2, 0.25) is 6.04 Å². The maximum Gasteiger partial charge on any atom is 0.500 e. The van der Waals surface area contributed by atoms with Crippen LogP contribution in [0.25, 0.3) is 0 Å². The van der Waals surface area contributed by atoms with E-state index in [2.05, 4.69) is 41.3 Å². The number of benzene rings is 5. The number of phenolic OH excluding ortho intramolecular Hbond substituents is 1. The number of anilines is 4. The molecule has 0 aliphatic heterocycles. The van der Waals surface area contributed by atoms with E-state index >= 15 is 0 Å². The minimum atomic E-state index is -4.79. The van der Waals surface area contributed by atoms with Gasteiger partial charge in [0.1, 0.15) is 22.0 Å². The molecule has 0 saturated carbocycles. The van der Waals surface area contributed by atoms with Gasteiger partial charge in [-0.2, -0.15) is 23.8 Å². The van der Waals surface area contributed by atoms with Crippen molar-refractivity contribution >= 4 is 87.8 Å². The molecule has 5 aromatic rings. The first-order valence-electron chi connectivity index (χ1n) is 19.7. The van der Waals surface area contributed by atoms with Crippen LogP contribution < -0.4 is 32.6 Å². The Bertz CT molecular complexity index is 2620. The monoisotopic (exact) mass is 913 g/mol. The minimum Gasteiger partial charge on any atom is -0.504 e. The summed E-state index contributed by atoms with van der Waals surface area (Å²) >= 11 is 0. The van der Waals surface area contributed by atoms with Crippen LogP contribution in [0.15, 0.2) is 133 Å². The number of ether oxygens (including phenoxy) is 1. The molecule has 0 heterocycles. The molecule has 5 aromatic carbocycles. The molecule has 21 nitrogen and oxygen atoms in total. The van der Waals surface area contributed by atoms with Gasteiger partial charge in [0.05, 0.1) is 34.1 Å². The van der Waals surface area contributed by atoms with Crippen molar-refractivity contribution in [1.29, 1.82) is 0 Å². The summed E-state index contributed by atoms with van der Waals surface area (Å²) in [7, 11) is -7.62. The highest BCUT2D eigenvalue weighted by Crippen LogP contribution is 2.43. The van der Waals surface area contributed by atoms with Gasteiger partial charge >= 0.3 is 14.9 Å². The van der Waals surface area contributed by atoms with E-state index < -0.39 is 41.6 Å². The van der Waals surface area contributed by atoms with Crippen LogP contribution in [0.5, 0.6) is 11.5 Å². The summed E-state index contributed by atoms with van der Waals surface area (Å²) in [5.41, 5.74) is 19.2. The van der Waals surface area contributed by atoms with E-state index in [1.165, 1.54) is 60.7 Å². The number of hydrogen-bond acceptors (Lipinski definition) is 18. The second-order valence-corrected chi connectivity index (χ2v) is 17.5. The Morgan fingerprint density at radius 3 is 1.88 bits per heavy atom. The Labute approximate surface area is 369 Å². The molecular weight excluding hydrogens is 867 g/mol.